The van der Waals surface area contributed by atoms with E-state index >= 15 is 0 Å². The second-order valence-corrected chi connectivity index (χ2v) is 0.632. The van der Waals surface area contributed by atoms with Gasteiger partial charge in [0.15, 0.2) is 0 Å². The van der Waals surface area contributed by atoms with Crippen LogP contribution in [0.3, 0.4) is 0 Å². The van der Waals surface area contributed by atoms with Crippen molar-refractivity contribution in [2.24, 2.45) is 0 Å². The van der Waals surface area contributed by atoms with Gasteiger partial charge >= 0.3 is 97.8 Å². The van der Waals surface area contributed by atoms with Crippen molar-refractivity contribution in [3.8, 4) is 0 Å². The van der Waals surface area contributed by atoms with E-state index in [1.165, 1.54) is 0 Å². The summed E-state index contributed by atoms with van der Waals surface area (Å²) in [5, 5.41) is 15.1. The molecule has 0 aliphatic heterocycles. The van der Waals surface area contributed by atoms with Crippen molar-refractivity contribution in [3.63, 3.8) is 0 Å². The number of aliphatic hydroxyl groups is 2. The van der Waals surface area contributed by atoms with Crippen LogP contribution in [0, 0.1) is 0 Å². The van der Waals surface area contributed by atoms with E-state index in [9.17, 15) is 0 Å². The average Bonchev–Trinajstić information content (AvgIpc) is 1.39. The standard InChI is InChI=1S/2C2H6O.2Ba.4H/c2*1-2-3;;;;;;/h2*3H,2H2,1H3;;;;;;/q;;2*+2;4*-1. The van der Waals surface area contributed by atoms with Gasteiger partial charge in [-0.05, 0) is 13.8 Å². The molecule has 0 aliphatic carbocycles. The first-order chi connectivity index (χ1) is 2.83. The molecule has 0 amide bonds. The SMILES string of the molecule is CCO.CCO.[Ba+2].[Ba+2].[H-].[H-].[H-].[H-]. The third-order valence-corrected chi connectivity index (χ3v) is 0. The number of aliphatic hydroxyl groups excluding tert-OH is 2. The molecule has 0 heterocycles. The van der Waals surface area contributed by atoms with Gasteiger partial charge in [0, 0.05) is 13.2 Å². The van der Waals surface area contributed by atoms with Crippen LogP contribution in [0.4, 0.5) is 0 Å². The molecule has 8 heavy (non-hydrogen) atoms. The minimum Gasteiger partial charge on any atom is -1.00 e. The van der Waals surface area contributed by atoms with Crippen molar-refractivity contribution >= 4 is 97.8 Å². The van der Waals surface area contributed by atoms with E-state index in [0.717, 1.165) is 0 Å². The molecular weight excluding hydrogens is 355 g/mol. The van der Waals surface area contributed by atoms with E-state index in [2.05, 4.69) is 0 Å². The maximum atomic E-state index is 7.57. The monoisotopic (exact) mass is 372 g/mol. The molecular formula is C4H16Ba2O2. The van der Waals surface area contributed by atoms with E-state index < -0.39 is 0 Å². The molecule has 2 nitrogen and oxygen atoms in total. The second-order valence-electron chi connectivity index (χ2n) is 0.632. The molecule has 0 rings (SSSR count). The molecule has 0 aromatic heterocycles. The first-order valence-electron chi connectivity index (χ1n) is 2.05. The predicted octanol–water partition coefficient (Wildman–Crippen LogP) is -0.314. The van der Waals surface area contributed by atoms with E-state index in [-0.39, 0.29) is 117 Å². The fourth-order valence-corrected chi connectivity index (χ4v) is 0. The Hall–Kier alpha value is 3.06. The van der Waals surface area contributed by atoms with Crippen molar-refractivity contribution in [3.05, 3.63) is 0 Å². The normalized spacial score (nSPS) is 4.50. The molecule has 0 saturated heterocycles. The molecule has 0 spiro atoms. The average molecular weight is 371 g/mol. The predicted molar refractivity (Wildman–Crippen MR) is 41.5 cm³/mol. The summed E-state index contributed by atoms with van der Waals surface area (Å²) in [6.45, 7) is 3.86. The third kappa shape index (κ3) is 62.8. The summed E-state index contributed by atoms with van der Waals surface area (Å²) >= 11 is 0. The minimum atomic E-state index is 0. The first kappa shape index (κ1) is 22.5. The van der Waals surface area contributed by atoms with Gasteiger partial charge in [-0.3, -0.25) is 0 Å². The molecule has 0 saturated carbocycles. The second kappa shape index (κ2) is 32.2. The van der Waals surface area contributed by atoms with Gasteiger partial charge in [-0.15, -0.1) is 0 Å². The number of hydrogen-bond donors (Lipinski definition) is 2. The van der Waals surface area contributed by atoms with Gasteiger partial charge in [-0.2, -0.15) is 0 Å². The molecule has 0 fully saturated rings. The molecule has 0 aromatic rings. The van der Waals surface area contributed by atoms with Gasteiger partial charge in [0.2, 0.25) is 0 Å². The summed E-state index contributed by atoms with van der Waals surface area (Å²) in [4.78, 5) is 0. The molecule has 0 unspecified atom stereocenters. The third-order valence-electron chi connectivity index (χ3n) is 0. The van der Waals surface area contributed by atoms with Gasteiger partial charge in [0.25, 0.3) is 0 Å². The molecule has 2 N–H and O–H groups in total. The van der Waals surface area contributed by atoms with Gasteiger partial charge in [-0.25, -0.2) is 0 Å². The van der Waals surface area contributed by atoms with E-state index in [1.807, 2.05) is 0 Å². The number of hydrogen-bond acceptors (Lipinski definition) is 2. The summed E-state index contributed by atoms with van der Waals surface area (Å²) in [7, 11) is 0. The molecule has 0 bridgehead atoms. The summed E-state index contributed by atoms with van der Waals surface area (Å²) in [6.07, 6.45) is 0. The topological polar surface area (TPSA) is 40.5 Å². The Bertz CT molecular complexity index is 25.0. The minimum absolute atomic E-state index is 0. The fraction of sp³-hybridized carbons (Fsp3) is 1.00. The van der Waals surface area contributed by atoms with Crippen LogP contribution in [-0.2, 0) is 0 Å². The van der Waals surface area contributed by atoms with E-state index in [0.29, 0.717) is 0 Å². The van der Waals surface area contributed by atoms with Crippen LogP contribution in [0.5, 0.6) is 0 Å². The maximum Gasteiger partial charge on any atom is 2.00 e. The zero-order valence-electron chi connectivity index (χ0n) is 9.72. The fourth-order valence-electron chi connectivity index (χ4n) is 0. The van der Waals surface area contributed by atoms with Gasteiger partial charge in [0.1, 0.15) is 0 Å². The summed E-state index contributed by atoms with van der Waals surface area (Å²) in [5.41, 5.74) is 0. The van der Waals surface area contributed by atoms with Crippen LogP contribution in [-0.4, -0.2) is 121 Å². The Morgan fingerprint density at radius 3 is 1.00 bits per heavy atom. The molecule has 48 valence electrons. The summed E-state index contributed by atoms with van der Waals surface area (Å²) in [6, 6.07) is 0. The largest absolute Gasteiger partial charge is 2.00 e. The summed E-state index contributed by atoms with van der Waals surface area (Å²) < 4.78 is 0. The molecule has 0 atom stereocenters. The molecule has 0 aromatic carbocycles. The Morgan fingerprint density at radius 2 is 1.00 bits per heavy atom. The Labute approximate surface area is 138 Å². The first-order valence-corrected chi connectivity index (χ1v) is 2.05. The van der Waals surface area contributed by atoms with Crippen LogP contribution >= 0.6 is 0 Å². The van der Waals surface area contributed by atoms with Crippen LogP contribution in [0.15, 0.2) is 0 Å². The Kier molecular flexibility index (Phi) is 90.5. The van der Waals surface area contributed by atoms with Gasteiger partial charge < -0.3 is 15.9 Å². The quantitative estimate of drug-likeness (QED) is 0.574. The van der Waals surface area contributed by atoms with Gasteiger partial charge in [-0.1, -0.05) is 0 Å². The maximum absolute atomic E-state index is 7.57. The molecule has 4 heteroatoms. The van der Waals surface area contributed by atoms with Crippen molar-refractivity contribution in [1.82, 2.24) is 0 Å². The van der Waals surface area contributed by atoms with Crippen LogP contribution in [0.2, 0.25) is 0 Å². The van der Waals surface area contributed by atoms with Crippen molar-refractivity contribution in [2.45, 2.75) is 13.8 Å². The van der Waals surface area contributed by atoms with Crippen molar-refractivity contribution < 1.29 is 15.9 Å². The Morgan fingerprint density at radius 1 is 1.00 bits per heavy atom. The number of rotatable bonds is 0. The van der Waals surface area contributed by atoms with Crippen LogP contribution in [0.25, 0.3) is 0 Å². The van der Waals surface area contributed by atoms with Gasteiger partial charge in [0.05, 0.1) is 0 Å². The van der Waals surface area contributed by atoms with Crippen molar-refractivity contribution in [2.75, 3.05) is 13.2 Å². The van der Waals surface area contributed by atoms with Crippen LogP contribution in [0.1, 0.15) is 19.6 Å². The zero-order chi connectivity index (χ0) is 5.41. The smallest absolute Gasteiger partial charge is 1.00 e. The molecule has 0 radical (unpaired) electrons. The zero-order valence-corrected chi connectivity index (χ0v) is 14.6. The van der Waals surface area contributed by atoms with E-state index in [1.54, 1.807) is 13.8 Å². The van der Waals surface area contributed by atoms with Crippen LogP contribution < -0.4 is 0 Å². The van der Waals surface area contributed by atoms with E-state index in [4.69, 9.17) is 10.2 Å². The van der Waals surface area contributed by atoms with Crippen molar-refractivity contribution in [1.29, 1.82) is 0 Å². The Balaban J connectivity index is -0.00000000296. The molecule has 0 aliphatic rings. The summed E-state index contributed by atoms with van der Waals surface area (Å²) in [5.74, 6) is 0.